The van der Waals surface area contributed by atoms with Crippen LogP contribution >= 0.6 is 23.2 Å². The number of rotatable bonds is 1. The Kier molecular flexibility index (Phi) is 3.23. The lowest BCUT2D eigenvalue weighted by atomic mass is 10.1. The second-order valence-corrected chi connectivity index (χ2v) is 3.89. The highest BCUT2D eigenvalue weighted by molar-refractivity contribution is 6.41. The summed E-state index contributed by atoms with van der Waals surface area (Å²) in [5, 5.41) is 4.14. The summed E-state index contributed by atoms with van der Waals surface area (Å²) in [7, 11) is 0. The number of halogens is 2. The van der Waals surface area contributed by atoms with Gasteiger partial charge in [-0.1, -0.05) is 23.2 Å². The van der Waals surface area contributed by atoms with Crippen LogP contribution in [-0.4, -0.2) is 24.7 Å². The lowest BCUT2D eigenvalue weighted by molar-refractivity contribution is 0.0768. The third-order valence-corrected chi connectivity index (χ3v) is 2.83. The first kappa shape index (κ1) is 10.2. The number of pyridine rings is 1. The van der Waals surface area contributed by atoms with E-state index in [0.717, 1.165) is 18.7 Å². The summed E-state index contributed by atoms with van der Waals surface area (Å²) in [6, 6.07) is 1.99. The molecular weight excluding hydrogens is 223 g/mol. The molecule has 2 heterocycles. The topological polar surface area (TPSA) is 34.1 Å². The quantitative estimate of drug-likeness (QED) is 0.754. The fourth-order valence-electron chi connectivity index (χ4n) is 1.41. The number of hydrogen-bond donors (Lipinski definition) is 1. The fourth-order valence-corrected chi connectivity index (χ4v) is 1.68. The standard InChI is InChI=1S/C9H10Cl2N2O/c10-7-3-6(4-13-9(7)11)8-5-14-2-1-12-8/h3-4,8,12H,1-2,5H2. The molecule has 2 rings (SSSR count). The van der Waals surface area contributed by atoms with Crippen LogP contribution in [0.15, 0.2) is 12.3 Å². The van der Waals surface area contributed by atoms with Crippen molar-refractivity contribution in [1.29, 1.82) is 0 Å². The molecule has 1 aliphatic rings. The van der Waals surface area contributed by atoms with Crippen molar-refractivity contribution in [2.45, 2.75) is 6.04 Å². The Labute approximate surface area is 92.4 Å². The summed E-state index contributed by atoms with van der Waals surface area (Å²) in [6.07, 6.45) is 1.72. The highest BCUT2D eigenvalue weighted by Gasteiger charge is 2.16. The zero-order chi connectivity index (χ0) is 9.97. The summed E-state index contributed by atoms with van der Waals surface area (Å²) in [5.41, 5.74) is 1.01. The van der Waals surface area contributed by atoms with Crippen molar-refractivity contribution in [2.75, 3.05) is 19.8 Å². The van der Waals surface area contributed by atoms with Gasteiger partial charge in [-0.3, -0.25) is 0 Å². The number of nitrogens with zero attached hydrogens (tertiary/aromatic N) is 1. The van der Waals surface area contributed by atoms with Crippen LogP contribution < -0.4 is 5.32 Å². The molecule has 0 amide bonds. The molecule has 1 unspecified atom stereocenters. The summed E-state index contributed by atoms with van der Waals surface area (Å²) < 4.78 is 5.34. The average Bonchev–Trinajstić information content (AvgIpc) is 2.23. The molecular formula is C9H10Cl2N2O. The van der Waals surface area contributed by atoms with Crippen molar-refractivity contribution in [1.82, 2.24) is 10.3 Å². The first-order chi connectivity index (χ1) is 6.77. The normalized spacial score (nSPS) is 22.3. The van der Waals surface area contributed by atoms with Crippen LogP contribution in [0.25, 0.3) is 0 Å². The molecule has 0 saturated carbocycles. The summed E-state index contributed by atoms with van der Waals surface area (Å²) in [5.74, 6) is 0. The van der Waals surface area contributed by atoms with Gasteiger partial charge >= 0.3 is 0 Å². The number of aromatic nitrogens is 1. The SMILES string of the molecule is Clc1cc(C2COCCN2)cnc1Cl. The largest absolute Gasteiger partial charge is 0.378 e. The smallest absolute Gasteiger partial charge is 0.147 e. The van der Waals surface area contributed by atoms with E-state index in [-0.39, 0.29) is 6.04 Å². The molecule has 1 aromatic heterocycles. The van der Waals surface area contributed by atoms with Crippen LogP contribution in [0.1, 0.15) is 11.6 Å². The van der Waals surface area contributed by atoms with Gasteiger partial charge in [-0.2, -0.15) is 0 Å². The molecule has 1 N–H and O–H groups in total. The van der Waals surface area contributed by atoms with Crippen LogP contribution in [-0.2, 0) is 4.74 Å². The molecule has 1 aliphatic heterocycles. The molecule has 0 bridgehead atoms. The number of ether oxygens (including phenoxy) is 1. The molecule has 0 aliphatic carbocycles. The predicted molar refractivity (Wildman–Crippen MR) is 55.8 cm³/mol. The Bertz CT molecular complexity index is 327. The van der Waals surface area contributed by atoms with E-state index in [9.17, 15) is 0 Å². The third kappa shape index (κ3) is 2.17. The van der Waals surface area contributed by atoms with E-state index in [1.165, 1.54) is 0 Å². The minimum absolute atomic E-state index is 0.172. The molecule has 0 spiro atoms. The molecule has 76 valence electrons. The molecule has 0 aromatic carbocycles. The van der Waals surface area contributed by atoms with E-state index >= 15 is 0 Å². The Morgan fingerprint density at radius 3 is 3.00 bits per heavy atom. The lowest BCUT2D eigenvalue weighted by Gasteiger charge is -2.23. The van der Waals surface area contributed by atoms with E-state index in [1.807, 2.05) is 6.07 Å². The van der Waals surface area contributed by atoms with Gasteiger partial charge in [-0.05, 0) is 11.6 Å². The van der Waals surface area contributed by atoms with Crippen molar-refractivity contribution >= 4 is 23.2 Å². The van der Waals surface area contributed by atoms with Crippen molar-refractivity contribution in [3.63, 3.8) is 0 Å². The summed E-state index contributed by atoms with van der Waals surface area (Å²) in [6.45, 7) is 2.26. The van der Waals surface area contributed by atoms with Gasteiger partial charge in [-0.25, -0.2) is 4.98 Å². The van der Waals surface area contributed by atoms with Gasteiger partial charge in [0.2, 0.25) is 0 Å². The molecule has 1 atom stereocenters. The van der Waals surface area contributed by atoms with Gasteiger partial charge in [0.1, 0.15) is 5.15 Å². The Hall–Kier alpha value is -0.350. The second kappa shape index (κ2) is 4.45. The first-order valence-corrected chi connectivity index (χ1v) is 5.15. The third-order valence-electron chi connectivity index (χ3n) is 2.14. The number of morpholine rings is 1. The molecule has 5 heteroatoms. The van der Waals surface area contributed by atoms with Gasteiger partial charge in [0, 0.05) is 12.7 Å². The van der Waals surface area contributed by atoms with E-state index in [2.05, 4.69) is 10.3 Å². The maximum atomic E-state index is 5.87. The predicted octanol–water partition coefficient (Wildman–Crippen LogP) is 2.05. The van der Waals surface area contributed by atoms with Gasteiger partial charge in [0.25, 0.3) is 0 Å². The molecule has 1 fully saturated rings. The van der Waals surface area contributed by atoms with Crippen LogP contribution in [0.5, 0.6) is 0 Å². The van der Waals surface area contributed by atoms with E-state index in [0.29, 0.717) is 16.8 Å². The number of hydrogen-bond acceptors (Lipinski definition) is 3. The van der Waals surface area contributed by atoms with Crippen molar-refractivity contribution in [3.05, 3.63) is 28.0 Å². The Morgan fingerprint density at radius 1 is 1.50 bits per heavy atom. The van der Waals surface area contributed by atoms with Crippen LogP contribution in [0, 0.1) is 0 Å². The monoisotopic (exact) mass is 232 g/mol. The van der Waals surface area contributed by atoms with Crippen LogP contribution in [0.4, 0.5) is 0 Å². The minimum atomic E-state index is 0.172. The molecule has 1 aromatic rings. The van der Waals surface area contributed by atoms with E-state index in [1.54, 1.807) is 6.20 Å². The lowest BCUT2D eigenvalue weighted by Crippen LogP contribution is -2.34. The van der Waals surface area contributed by atoms with Gasteiger partial charge < -0.3 is 10.1 Å². The fraction of sp³-hybridized carbons (Fsp3) is 0.444. The first-order valence-electron chi connectivity index (χ1n) is 4.39. The van der Waals surface area contributed by atoms with Crippen molar-refractivity contribution < 1.29 is 4.74 Å². The van der Waals surface area contributed by atoms with Crippen molar-refractivity contribution in [2.24, 2.45) is 0 Å². The van der Waals surface area contributed by atoms with E-state index < -0.39 is 0 Å². The van der Waals surface area contributed by atoms with Crippen molar-refractivity contribution in [3.8, 4) is 0 Å². The van der Waals surface area contributed by atoms with Crippen LogP contribution in [0.2, 0.25) is 10.2 Å². The highest BCUT2D eigenvalue weighted by Crippen LogP contribution is 2.23. The maximum Gasteiger partial charge on any atom is 0.147 e. The molecule has 0 radical (unpaired) electrons. The average molecular weight is 233 g/mol. The van der Waals surface area contributed by atoms with E-state index in [4.69, 9.17) is 27.9 Å². The van der Waals surface area contributed by atoms with Gasteiger partial charge in [0.15, 0.2) is 0 Å². The zero-order valence-corrected chi connectivity index (χ0v) is 8.98. The zero-order valence-electron chi connectivity index (χ0n) is 7.46. The maximum absolute atomic E-state index is 5.87. The minimum Gasteiger partial charge on any atom is -0.378 e. The highest BCUT2D eigenvalue weighted by atomic mass is 35.5. The molecule has 1 saturated heterocycles. The van der Waals surface area contributed by atoms with Gasteiger partial charge in [0.05, 0.1) is 24.3 Å². The van der Waals surface area contributed by atoms with Gasteiger partial charge in [-0.15, -0.1) is 0 Å². The second-order valence-electron chi connectivity index (χ2n) is 3.12. The number of nitrogens with one attached hydrogen (secondary N) is 1. The Morgan fingerprint density at radius 2 is 2.36 bits per heavy atom. The molecule has 14 heavy (non-hydrogen) atoms. The summed E-state index contributed by atoms with van der Waals surface area (Å²) in [4.78, 5) is 3.99. The Balaban J connectivity index is 2.18. The summed E-state index contributed by atoms with van der Waals surface area (Å²) >= 11 is 11.6. The van der Waals surface area contributed by atoms with Crippen LogP contribution in [0.3, 0.4) is 0 Å². The molecule has 3 nitrogen and oxygen atoms in total.